The van der Waals surface area contributed by atoms with Crippen LogP contribution in [0.25, 0.3) is 12.2 Å². The molecule has 0 heterocycles. The monoisotopic (exact) mass is 489 g/mol. The largest absolute Gasteiger partial charge is 0.478 e. The Morgan fingerprint density at radius 1 is 0.971 bits per heavy atom. The first-order valence-electron chi connectivity index (χ1n) is 10.2. The molecule has 2 N–H and O–H groups in total. The minimum atomic E-state index is -4.62. The van der Waals surface area contributed by atoms with Gasteiger partial charge in [0.2, 0.25) is 0 Å². The van der Waals surface area contributed by atoms with Crippen molar-refractivity contribution in [2.24, 2.45) is 0 Å². The van der Waals surface area contributed by atoms with Gasteiger partial charge < -0.3 is 5.11 Å². The van der Waals surface area contributed by atoms with E-state index in [-0.39, 0.29) is 27.6 Å². The lowest BCUT2D eigenvalue weighted by atomic mass is 10.0. The molecule has 0 spiro atoms. The Bertz CT molecular complexity index is 1330. The number of aromatic carboxylic acids is 1. The molecule has 0 bridgehead atoms. The zero-order valence-corrected chi connectivity index (χ0v) is 19.1. The summed E-state index contributed by atoms with van der Waals surface area (Å²) < 4.78 is 68.6. The second-order valence-electron chi connectivity index (χ2n) is 7.86. The third-order valence-corrected chi connectivity index (χ3v) is 6.51. The highest BCUT2D eigenvalue weighted by atomic mass is 32.2. The standard InChI is InChI=1S/C25H22F3NO4S/c1-16(2)21-5-3-4-6-23(21)34(32,33)29-22-14-13-20(25(26,27)28)15-19(22)12-9-17-7-10-18(11-8-17)24(30)31/h3-16,29H,1-2H3,(H,30,31)/b12-9-. The van der Waals surface area contributed by atoms with E-state index in [9.17, 15) is 26.4 Å². The van der Waals surface area contributed by atoms with E-state index in [0.29, 0.717) is 11.1 Å². The number of alkyl halides is 3. The predicted molar refractivity (Wildman–Crippen MR) is 125 cm³/mol. The highest BCUT2D eigenvalue weighted by molar-refractivity contribution is 7.92. The number of halogens is 3. The molecule has 0 aliphatic carbocycles. The summed E-state index contributed by atoms with van der Waals surface area (Å²) >= 11 is 0. The first-order chi connectivity index (χ1) is 15.9. The van der Waals surface area contributed by atoms with Gasteiger partial charge in [-0.05, 0) is 59.0 Å². The molecular formula is C25H22F3NO4S. The normalized spacial score (nSPS) is 12.3. The minimum Gasteiger partial charge on any atom is -0.478 e. The molecule has 3 rings (SSSR count). The lowest BCUT2D eigenvalue weighted by molar-refractivity contribution is -0.137. The van der Waals surface area contributed by atoms with Crippen LogP contribution in [0.5, 0.6) is 0 Å². The zero-order chi connectivity index (χ0) is 25.1. The van der Waals surface area contributed by atoms with Crippen molar-refractivity contribution in [2.75, 3.05) is 4.72 Å². The number of carboxylic acid groups (broad SMARTS) is 1. The Kier molecular flexibility index (Phi) is 7.16. The van der Waals surface area contributed by atoms with Crippen LogP contribution >= 0.6 is 0 Å². The van der Waals surface area contributed by atoms with Gasteiger partial charge in [-0.2, -0.15) is 13.2 Å². The molecule has 3 aromatic carbocycles. The number of nitrogens with one attached hydrogen (secondary N) is 1. The van der Waals surface area contributed by atoms with Crippen molar-refractivity contribution in [1.29, 1.82) is 0 Å². The molecule has 9 heteroatoms. The van der Waals surface area contributed by atoms with Crippen molar-refractivity contribution in [3.63, 3.8) is 0 Å². The van der Waals surface area contributed by atoms with Gasteiger partial charge in [-0.3, -0.25) is 4.72 Å². The molecule has 0 radical (unpaired) electrons. The molecule has 0 fully saturated rings. The van der Waals surface area contributed by atoms with Crippen LogP contribution in [0, 0.1) is 0 Å². The fourth-order valence-electron chi connectivity index (χ4n) is 3.29. The summed E-state index contributed by atoms with van der Waals surface area (Å²) in [7, 11) is -4.09. The molecule has 0 aromatic heterocycles. The average Bonchev–Trinajstić information content (AvgIpc) is 2.77. The third-order valence-electron chi connectivity index (χ3n) is 5.07. The number of rotatable bonds is 7. The van der Waals surface area contributed by atoms with Crippen LogP contribution in [0.1, 0.15) is 52.4 Å². The molecule has 0 aliphatic heterocycles. The molecule has 3 aromatic rings. The van der Waals surface area contributed by atoms with Crippen LogP contribution in [0.3, 0.4) is 0 Å². The Morgan fingerprint density at radius 3 is 2.21 bits per heavy atom. The first-order valence-corrected chi connectivity index (χ1v) is 11.7. The van der Waals surface area contributed by atoms with Gasteiger partial charge in [-0.1, -0.05) is 56.3 Å². The molecular weight excluding hydrogens is 467 g/mol. The molecule has 34 heavy (non-hydrogen) atoms. The van der Waals surface area contributed by atoms with Gasteiger partial charge in [0.1, 0.15) is 0 Å². The lowest BCUT2D eigenvalue weighted by Crippen LogP contribution is -2.16. The van der Waals surface area contributed by atoms with E-state index in [1.807, 2.05) is 13.8 Å². The Hall–Kier alpha value is -3.59. The molecule has 0 unspecified atom stereocenters. The van der Waals surface area contributed by atoms with Crippen molar-refractivity contribution >= 4 is 33.8 Å². The fourth-order valence-corrected chi connectivity index (χ4v) is 4.75. The molecule has 0 aliphatic rings. The van der Waals surface area contributed by atoms with Gasteiger partial charge in [0.25, 0.3) is 10.0 Å². The second-order valence-corrected chi connectivity index (χ2v) is 9.51. The van der Waals surface area contributed by atoms with E-state index in [1.54, 1.807) is 18.2 Å². The van der Waals surface area contributed by atoms with Crippen LogP contribution in [0.2, 0.25) is 0 Å². The number of anilines is 1. The summed E-state index contributed by atoms with van der Waals surface area (Å²) in [5.41, 5.74) is 0.221. The Balaban J connectivity index is 2.03. The maximum absolute atomic E-state index is 13.3. The van der Waals surface area contributed by atoms with Gasteiger partial charge in [0.05, 0.1) is 21.7 Å². The van der Waals surface area contributed by atoms with E-state index >= 15 is 0 Å². The summed E-state index contributed by atoms with van der Waals surface area (Å²) in [5.74, 6) is -1.19. The number of hydrogen-bond donors (Lipinski definition) is 2. The molecule has 0 amide bonds. The van der Waals surface area contributed by atoms with Gasteiger partial charge in [0, 0.05) is 0 Å². The summed E-state index contributed by atoms with van der Waals surface area (Å²) in [6.07, 6.45) is -1.80. The van der Waals surface area contributed by atoms with Gasteiger partial charge in [-0.15, -0.1) is 0 Å². The van der Waals surface area contributed by atoms with E-state index in [1.165, 1.54) is 42.5 Å². The van der Waals surface area contributed by atoms with E-state index in [0.717, 1.165) is 18.2 Å². The van der Waals surface area contributed by atoms with Crippen molar-refractivity contribution in [1.82, 2.24) is 0 Å². The smallest absolute Gasteiger partial charge is 0.416 e. The zero-order valence-electron chi connectivity index (χ0n) is 18.3. The molecule has 0 saturated heterocycles. The van der Waals surface area contributed by atoms with Crippen LogP contribution in [-0.4, -0.2) is 19.5 Å². The summed E-state index contributed by atoms with van der Waals surface area (Å²) in [4.78, 5) is 11.0. The van der Waals surface area contributed by atoms with Crippen molar-refractivity contribution in [3.05, 3.63) is 94.5 Å². The van der Waals surface area contributed by atoms with Crippen LogP contribution in [0.4, 0.5) is 18.9 Å². The fraction of sp³-hybridized carbons (Fsp3) is 0.160. The van der Waals surface area contributed by atoms with Gasteiger partial charge in [-0.25, -0.2) is 13.2 Å². The predicted octanol–water partition coefficient (Wildman–Crippen LogP) is 6.50. The SMILES string of the molecule is CC(C)c1ccccc1S(=O)(=O)Nc1ccc(C(F)(F)F)cc1/C=C\c1ccc(C(=O)O)cc1. The van der Waals surface area contributed by atoms with Crippen molar-refractivity contribution in [3.8, 4) is 0 Å². The number of benzene rings is 3. The number of sulfonamides is 1. The molecule has 5 nitrogen and oxygen atoms in total. The maximum Gasteiger partial charge on any atom is 0.416 e. The number of carbonyl (C=O) groups is 1. The molecule has 0 saturated carbocycles. The number of hydrogen-bond acceptors (Lipinski definition) is 3. The van der Waals surface area contributed by atoms with Crippen LogP contribution in [0.15, 0.2) is 71.6 Å². The van der Waals surface area contributed by atoms with Gasteiger partial charge in [0.15, 0.2) is 0 Å². The molecule has 0 atom stereocenters. The van der Waals surface area contributed by atoms with E-state index < -0.39 is 27.7 Å². The minimum absolute atomic E-state index is 0.00254. The summed E-state index contributed by atoms with van der Waals surface area (Å²) in [6.45, 7) is 3.69. The van der Waals surface area contributed by atoms with Crippen molar-refractivity contribution < 1.29 is 31.5 Å². The third kappa shape index (κ3) is 5.85. The quantitative estimate of drug-likeness (QED) is 0.371. The topological polar surface area (TPSA) is 83.5 Å². The summed E-state index contributed by atoms with van der Waals surface area (Å²) in [5, 5.41) is 8.99. The lowest BCUT2D eigenvalue weighted by Gasteiger charge is -2.17. The maximum atomic E-state index is 13.3. The Labute approximate surface area is 195 Å². The number of carboxylic acids is 1. The highest BCUT2D eigenvalue weighted by Gasteiger charge is 2.31. The van der Waals surface area contributed by atoms with E-state index in [2.05, 4.69) is 4.72 Å². The first kappa shape index (κ1) is 25.0. The van der Waals surface area contributed by atoms with E-state index in [4.69, 9.17) is 5.11 Å². The van der Waals surface area contributed by atoms with Crippen LogP contribution < -0.4 is 4.72 Å². The second kappa shape index (κ2) is 9.72. The molecule has 178 valence electrons. The average molecular weight is 490 g/mol. The van der Waals surface area contributed by atoms with Gasteiger partial charge >= 0.3 is 12.1 Å². The Morgan fingerprint density at radius 2 is 1.62 bits per heavy atom. The summed E-state index contributed by atoms with van der Waals surface area (Å²) in [6, 6.07) is 14.9. The highest BCUT2D eigenvalue weighted by Crippen LogP contribution is 2.34. The van der Waals surface area contributed by atoms with Crippen LogP contribution in [-0.2, 0) is 16.2 Å². The van der Waals surface area contributed by atoms with Crippen molar-refractivity contribution in [2.45, 2.75) is 30.8 Å².